The largest absolute Gasteiger partial charge is 0.295 e. The summed E-state index contributed by atoms with van der Waals surface area (Å²) in [7, 11) is 0. The van der Waals surface area contributed by atoms with Gasteiger partial charge in [-0.1, -0.05) is 67.6 Å². The Balaban J connectivity index is 2.20. The summed E-state index contributed by atoms with van der Waals surface area (Å²) in [5, 5.41) is 2.56. The van der Waals surface area contributed by atoms with Gasteiger partial charge < -0.3 is 0 Å². The molecule has 0 bridgehead atoms. The second-order valence-electron chi connectivity index (χ2n) is 5.88. The van der Waals surface area contributed by atoms with Crippen LogP contribution in [0.1, 0.15) is 46.8 Å². The van der Waals surface area contributed by atoms with Crippen molar-refractivity contribution >= 4 is 16.6 Å². The van der Waals surface area contributed by atoms with Crippen molar-refractivity contribution in [2.24, 2.45) is 0 Å². The molecular weight excluding hydrogens is 268 g/mol. The molecule has 1 atom stereocenters. The highest BCUT2D eigenvalue weighted by Crippen LogP contribution is 2.33. The lowest BCUT2D eigenvalue weighted by molar-refractivity contribution is 0.101. The van der Waals surface area contributed by atoms with E-state index in [4.69, 9.17) is 0 Å². The second-order valence-corrected chi connectivity index (χ2v) is 5.88. The maximum Gasteiger partial charge on any atom is 0.160 e. The van der Waals surface area contributed by atoms with Gasteiger partial charge in [-0.25, -0.2) is 0 Å². The van der Waals surface area contributed by atoms with Gasteiger partial charge >= 0.3 is 0 Å². The lowest BCUT2D eigenvalue weighted by atomic mass is 9.85. The molecule has 0 spiro atoms. The maximum atomic E-state index is 11.9. The Hall–Kier alpha value is -2.41. The van der Waals surface area contributed by atoms with E-state index >= 15 is 0 Å². The normalized spacial score (nSPS) is 12.3. The minimum absolute atomic E-state index is 0.124. The zero-order valence-electron chi connectivity index (χ0n) is 13.3. The number of carbonyl (C=O) groups is 1. The molecule has 1 heteroatoms. The summed E-state index contributed by atoms with van der Waals surface area (Å²) in [6.07, 6.45) is 0. The van der Waals surface area contributed by atoms with Gasteiger partial charge in [-0.2, -0.15) is 0 Å². The summed E-state index contributed by atoms with van der Waals surface area (Å²) in [4.78, 5) is 11.9. The predicted octanol–water partition coefficient (Wildman–Crippen LogP) is 5.50. The molecule has 0 aliphatic heterocycles. The van der Waals surface area contributed by atoms with E-state index in [-0.39, 0.29) is 11.7 Å². The van der Waals surface area contributed by atoms with Gasteiger partial charge in [0.2, 0.25) is 0 Å². The number of Topliss-reactive ketones (excluding diaryl/α,β-unsaturated/α-hetero) is 1. The van der Waals surface area contributed by atoms with Gasteiger partial charge in [0.05, 0.1) is 0 Å². The zero-order valence-corrected chi connectivity index (χ0v) is 13.3. The molecule has 0 aromatic heterocycles. The Morgan fingerprint density at radius 2 is 1.45 bits per heavy atom. The van der Waals surface area contributed by atoms with Crippen LogP contribution in [-0.4, -0.2) is 5.78 Å². The summed E-state index contributed by atoms with van der Waals surface area (Å²) in [5.41, 5.74) is 4.48. The molecule has 0 unspecified atom stereocenters. The van der Waals surface area contributed by atoms with E-state index in [9.17, 15) is 4.79 Å². The minimum Gasteiger partial charge on any atom is -0.295 e. The highest BCUT2D eigenvalue weighted by Gasteiger charge is 2.17. The first-order valence-electron chi connectivity index (χ1n) is 7.67. The topological polar surface area (TPSA) is 17.1 Å². The van der Waals surface area contributed by atoms with Gasteiger partial charge in [-0.05, 0) is 41.3 Å². The summed E-state index contributed by atoms with van der Waals surface area (Å²) in [6, 6.07) is 20.8. The molecule has 0 fully saturated rings. The molecule has 0 N–H and O–H groups in total. The third-order valence-corrected chi connectivity index (χ3v) is 4.45. The van der Waals surface area contributed by atoms with Gasteiger partial charge in [0.25, 0.3) is 0 Å². The van der Waals surface area contributed by atoms with Crippen molar-refractivity contribution in [2.45, 2.75) is 26.7 Å². The fraction of sp³-hybridized carbons (Fsp3) is 0.190. The molecule has 3 aromatic rings. The van der Waals surface area contributed by atoms with E-state index in [1.54, 1.807) is 6.92 Å². The standard InChI is InChI=1S/C21H20O/c1-14-12-13-19(21-11-7-4-8-17(14)21)15(2)18-9-5-6-10-20(18)16(3)22/h4-13,15H,1-3H3/t15-/m1/s1. The molecule has 0 saturated heterocycles. The number of hydrogen-bond donors (Lipinski definition) is 0. The molecule has 1 nitrogen and oxygen atoms in total. The number of benzene rings is 3. The molecule has 110 valence electrons. The van der Waals surface area contributed by atoms with Crippen molar-refractivity contribution in [1.29, 1.82) is 0 Å². The number of fused-ring (bicyclic) bond motifs is 1. The van der Waals surface area contributed by atoms with Gasteiger partial charge in [-0.3, -0.25) is 4.79 Å². The summed E-state index contributed by atoms with van der Waals surface area (Å²) >= 11 is 0. The van der Waals surface area contributed by atoms with Crippen LogP contribution in [0, 0.1) is 6.92 Å². The lowest BCUT2D eigenvalue weighted by Crippen LogP contribution is -2.05. The third kappa shape index (κ3) is 2.43. The van der Waals surface area contributed by atoms with Crippen molar-refractivity contribution in [3.63, 3.8) is 0 Å². The molecule has 0 heterocycles. The van der Waals surface area contributed by atoms with Crippen LogP contribution >= 0.6 is 0 Å². The van der Waals surface area contributed by atoms with Gasteiger partial charge in [0.1, 0.15) is 0 Å². The van der Waals surface area contributed by atoms with Crippen LogP contribution < -0.4 is 0 Å². The Labute approximate surface area is 131 Å². The van der Waals surface area contributed by atoms with Crippen LogP contribution in [0.25, 0.3) is 10.8 Å². The maximum absolute atomic E-state index is 11.9. The van der Waals surface area contributed by atoms with Gasteiger partial charge in [0, 0.05) is 11.5 Å². The van der Waals surface area contributed by atoms with Crippen LogP contribution in [0.5, 0.6) is 0 Å². The van der Waals surface area contributed by atoms with Crippen LogP contribution in [0.2, 0.25) is 0 Å². The molecule has 0 radical (unpaired) electrons. The second kappa shape index (κ2) is 5.76. The molecule has 0 aliphatic rings. The first-order valence-corrected chi connectivity index (χ1v) is 7.67. The van der Waals surface area contributed by atoms with E-state index in [1.165, 1.54) is 21.9 Å². The van der Waals surface area contributed by atoms with Crippen molar-refractivity contribution in [3.05, 3.63) is 82.9 Å². The Kier molecular flexibility index (Phi) is 3.81. The molecule has 3 rings (SSSR count). The van der Waals surface area contributed by atoms with Crippen LogP contribution in [0.15, 0.2) is 60.7 Å². The van der Waals surface area contributed by atoms with Crippen LogP contribution in [0.3, 0.4) is 0 Å². The third-order valence-electron chi connectivity index (χ3n) is 4.45. The molecule has 22 heavy (non-hydrogen) atoms. The van der Waals surface area contributed by atoms with E-state index < -0.39 is 0 Å². The van der Waals surface area contributed by atoms with Crippen molar-refractivity contribution < 1.29 is 4.79 Å². The number of hydrogen-bond acceptors (Lipinski definition) is 1. The fourth-order valence-electron chi connectivity index (χ4n) is 3.21. The highest BCUT2D eigenvalue weighted by atomic mass is 16.1. The predicted molar refractivity (Wildman–Crippen MR) is 92.6 cm³/mol. The van der Waals surface area contributed by atoms with E-state index in [1.807, 2.05) is 18.2 Å². The Morgan fingerprint density at radius 3 is 2.18 bits per heavy atom. The van der Waals surface area contributed by atoms with Crippen molar-refractivity contribution in [1.82, 2.24) is 0 Å². The average molecular weight is 288 g/mol. The first kappa shape index (κ1) is 14.5. The average Bonchev–Trinajstić information content (AvgIpc) is 2.55. The molecule has 3 aromatic carbocycles. The number of rotatable bonds is 3. The number of carbonyl (C=O) groups excluding carboxylic acids is 1. The quantitative estimate of drug-likeness (QED) is 0.581. The lowest BCUT2D eigenvalue weighted by Gasteiger charge is -2.18. The minimum atomic E-state index is 0.124. The Bertz CT molecular complexity index is 845. The van der Waals surface area contributed by atoms with E-state index in [0.717, 1.165) is 11.1 Å². The van der Waals surface area contributed by atoms with Crippen LogP contribution in [0.4, 0.5) is 0 Å². The van der Waals surface area contributed by atoms with E-state index in [2.05, 4.69) is 56.3 Å². The summed E-state index contributed by atoms with van der Waals surface area (Å²) < 4.78 is 0. The Morgan fingerprint density at radius 1 is 0.818 bits per heavy atom. The summed E-state index contributed by atoms with van der Waals surface area (Å²) in [6.45, 7) is 5.96. The number of aryl methyl sites for hydroxylation is 1. The van der Waals surface area contributed by atoms with Gasteiger partial charge in [0.15, 0.2) is 5.78 Å². The van der Waals surface area contributed by atoms with Gasteiger partial charge in [-0.15, -0.1) is 0 Å². The molecule has 0 amide bonds. The van der Waals surface area contributed by atoms with Crippen molar-refractivity contribution in [2.75, 3.05) is 0 Å². The first-order chi connectivity index (χ1) is 10.6. The monoisotopic (exact) mass is 288 g/mol. The van der Waals surface area contributed by atoms with Crippen molar-refractivity contribution in [3.8, 4) is 0 Å². The zero-order chi connectivity index (χ0) is 15.7. The number of ketones is 1. The SMILES string of the molecule is CC(=O)c1ccccc1[C@@H](C)c1ccc(C)c2ccccc12. The van der Waals surface area contributed by atoms with E-state index in [0.29, 0.717) is 0 Å². The fourth-order valence-corrected chi connectivity index (χ4v) is 3.21. The highest BCUT2D eigenvalue weighted by molar-refractivity contribution is 5.96. The van der Waals surface area contributed by atoms with Crippen LogP contribution in [-0.2, 0) is 0 Å². The molecular formula is C21H20O. The smallest absolute Gasteiger partial charge is 0.160 e. The summed E-state index contributed by atoms with van der Waals surface area (Å²) in [5.74, 6) is 0.310. The molecule has 0 saturated carbocycles. The molecule has 0 aliphatic carbocycles.